The summed E-state index contributed by atoms with van der Waals surface area (Å²) in [5, 5.41) is 0.551. The molecule has 1 unspecified atom stereocenters. The maximum Gasteiger partial charge on any atom is 0.266 e. The third kappa shape index (κ3) is 6.23. The van der Waals surface area contributed by atoms with E-state index in [0.717, 1.165) is 21.3 Å². The fourth-order valence-corrected chi connectivity index (χ4v) is 5.41. The number of benzene rings is 4. The van der Waals surface area contributed by atoms with Gasteiger partial charge >= 0.3 is 0 Å². The molecule has 5 nitrogen and oxygen atoms in total. The lowest BCUT2D eigenvalue weighted by Gasteiger charge is -2.32. The second-order valence-corrected chi connectivity index (χ2v) is 10.8. The monoisotopic (exact) mass is 593 g/mol. The Morgan fingerprint density at radius 1 is 0.825 bits per heavy atom. The Labute approximate surface area is 243 Å². The molecule has 1 amide bonds. The van der Waals surface area contributed by atoms with Crippen molar-refractivity contribution < 1.29 is 4.79 Å². The van der Waals surface area contributed by atoms with Gasteiger partial charge in [0.25, 0.3) is 5.56 Å². The molecule has 0 spiro atoms. The molecule has 0 aliphatic rings. The molecular formula is C34H32BrN3O2. The van der Waals surface area contributed by atoms with Crippen LogP contribution in [0.1, 0.15) is 42.8 Å². The molecule has 0 aliphatic carbocycles. The van der Waals surface area contributed by atoms with E-state index in [-0.39, 0.29) is 17.5 Å². The van der Waals surface area contributed by atoms with Gasteiger partial charge in [-0.3, -0.25) is 14.2 Å². The molecule has 4 aromatic carbocycles. The Hall–Kier alpha value is -4.03. The number of carbonyl (C=O) groups excluding carboxylic acids is 1. The van der Waals surface area contributed by atoms with E-state index in [4.69, 9.17) is 4.98 Å². The Morgan fingerprint density at radius 2 is 1.43 bits per heavy atom. The van der Waals surface area contributed by atoms with Crippen LogP contribution in [0.5, 0.6) is 0 Å². The van der Waals surface area contributed by atoms with Crippen LogP contribution < -0.4 is 5.56 Å². The van der Waals surface area contributed by atoms with Gasteiger partial charge in [-0.25, -0.2) is 4.98 Å². The summed E-state index contributed by atoms with van der Waals surface area (Å²) >= 11 is 3.50. The lowest BCUT2D eigenvalue weighted by molar-refractivity contribution is -0.134. The SMILES string of the molecule is CCC(c1nc2ccccc2c(=O)n1-c1ccc(Br)cc1)N(CCc1ccccc1)C(=O)CCc1ccccc1. The molecule has 6 heteroatoms. The number of halogens is 1. The second-order valence-electron chi connectivity index (χ2n) is 9.84. The van der Waals surface area contributed by atoms with Gasteiger partial charge in [0.05, 0.1) is 22.6 Å². The Bertz CT molecular complexity index is 1630. The first-order valence-electron chi connectivity index (χ1n) is 13.7. The topological polar surface area (TPSA) is 55.2 Å². The molecule has 0 N–H and O–H groups in total. The molecule has 0 saturated heterocycles. The van der Waals surface area contributed by atoms with Crippen molar-refractivity contribution in [1.29, 1.82) is 0 Å². The maximum absolute atomic E-state index is 14.0. The largest absolute Gasteiger partial charge is 0.332 e. The molecule has 1 atom stereocenters. The van der Waals surface area contributed by atoms with Crippen LogP contribution in [0.2, 0.25) is 0 Å². The zero-order chi connectivity index (χ0) is 27.9. The fraction of sp³-hybridized carbons (Fsp3) is 0.206. The Kier molecular flexibility index (Phi) is 8.87. The summed E-state index contributed by atoms with van der Waals surface area (Å²) in [7, 11) is 0. The molecule has 0 radical (unpaired) electrons. The number of aryl methyl sites for hydroxylation is 1. The average Bonchev–Trinajstić information content (AvgIpc) is 3.00. The van der Waals surface area contributed by atoms with E-state index in [1.165, 1.54) is 0 Å². The van der Waals surface area contributed by atoms with Crippen molar-refractivity contribution in [3.05, 3.63) is 141 Å². The summed E-state index contributed by atoms with van der Waals surface area (Å²) in [6.45, 7) is 2.58. The zero-order valence-corrected chi connectivity index (χ0v) is 24.1. The van der Waals surface area contributed by atoms with Crippen molar-refractivity contribution in [2.75, 3.05) is 6.54 Å². The van der Waals surface area contributed by atoms with Crippen LogP contribution in [0.15, 0.2) is 118 Å². The minimum absolute atomic E-state index is 0.0522. The lowest BCUT2D eigenvalue weighted by atomic mass is 10.0. The first-order chi connectivity index (χ1) is 19.5. The number of hydrogen-bond donors (Lipinski definition) is 0. The quantitative estimate of drug-likeness (QED) is 0.171. The highest BCUT2D eigenvalue weighted by molar-refractivity contribution is 9.10. The van der Waals surface area contributed by atoms with Crippen LogP contribution >= 0.6 is 15.9 Å². The number of para-hydroxylation sites is 1. The van der Waals surface area contributed by atoms with Gasteiger partial charge < -0.3 is 4.90 Å². The predicted octanol–water partition coefficient (Wildman–Crippen LogP) is 7.30. The van der Waals surface area contributed by atoms with Crippen molar-refractivity contribution in [3.63, 3.8) is 0 Å². The van der Waals surface area contributed by atoms with Crippen LogP contribution in [-0.2, 0) is 17.6 Å². The molecule has 1 aromatic heterocycles. The first-order valence-corrected chi connectivity index (χ1v) is 14.5. The molecule has 0 bridgehead atoms. The summed E-state index contributed by atoms with van der Waals surface area (Å²) < 4.78 is 2.61. The van der Waals surface area contributed by atoms with Crippen LogP contribution in [0.4, 0.5) is 0 Å². The number of aromatic nitrogens is 2. The molecule has 5 aromatic rings. The van der Waals surface area contributed by atoms with Gasteiger partial charge in [-0.05, 0) is 66.8 Å². The van der Waals surface area contributed by atoms with E-state index in [9.17, 15) is 9.59 Å². The van der Waals surface area contributed by atoms with Crippen molar-refractivity contribution in [3.8, 4) is 5.69 Å². The second kappa shape index (κ2) is 12.9. The standard InChI is InChI=1S/C34H32BrN3O2/c1-2-31(33-36-30-16-10-9-15-29(30)34(40)38(33)28-20-18-27(35)19-21-28)37(24-23-26-13-7-4-8-14-26)32(39)22-17-25-11-5-3-6-12-25/h3-16,18-21,31H,2,17,22-24H2,1H3. The van der Waals surface area contributed by atoms with Crippen molar-refractivity contribution in [2.45, 2.75) is 38.6 Å². The minimum Gasteiger partial charge on any atom is -0.332 e. The fourth-order valence-electron chi connectivity index (χ4n) is 5.14. The molecule has 1 heterocycles. The smallest absolute Gasteiger partial charge is 0.266 e. The molecule has 0 saturated carbocycles. The van der Waals surface area contributed by atoms with E-state index in [0.29, 0.717) is 49.0 Å². The van der Waals surface area contributed by atoms with Crippen LogP contribution in [-0.4, -0.2) is 26.9 Å². The average molecular weight is 595 g/mol. The van der Waals surface area contributed by atoms with Crippen LogP contribution in [0, 0.1) is 0 Å². The molecule has 0 aliphatic heterocycles. The normalized spacial score (nSPS) is 11.8. The highest BCUT2D eigenvalue weighted by Gasteiger charge is 2.29. The van der Waals surface area contributed by atoms with E-state index in [1.54, 1.807) is 4.57 Å². The summed E-state index contributed by atoms with van der Waals surface area (Å²) in [6.07, 6.45) is 2.37. The summed E-state index contributed by atoms with van der Waals surface area (Å²) in [6, 6.07) is 35.0. The van der Waals surface area contributed by atoms with Gasteiger partial charge in [-0.1, -0.05) is 95.7 Å². The van der Waals surface area contributed by atoms with E-state index in [1.807, 2.05) is 89.8 Å². The van der Waals surface area contributed by atoms with Gasteiger partial charge in [0, 0.05) is 17.4 Å². The zero-order valence-electron chi connectivity index (χ0n) is 22.5. The molecule has 202 valence electrons. The van der Waals surface area contributed by atoms with Gasteiger partial charge in [-0.2, -0.15) is 0 Å². The van der Waals surface area contributed by atoms with Gasteiger partial charge in [0.2, 0.25) is 5.91 Å². The maximum atomic E-state index is 14.0. The van der Waals surface area contributed by atoms with Crippen LogP contribution in [0.25, 0.3) is 16.6 Å². The van der Waals surface area contributed by atoms with Gasteiger partial charge in [0.15, 0.2) is 0 Å². The molecule has 40 heavy (non-hydrogen) atoms. The summed E-state index contributed by atoms with van der Waals surface area (Å²) in [5.74, 6) is 0.631. The summed E-state index contributed by atoms with van der Waals surface area (Å²) in [4.78, 5) is 34.9. The predicted molar refractivity (Wildman–Crippen MR) is 165 cm³/mol. The number of hydrogen-bond acceptors (Lipinski definition) is 3. The Morgan fingerprint density at radius 3 is 2.08 bits per heavy atom. The van der Waals surface area contributed by atoms with E-state index >= 15 is 0 Å². The number of fused-ring (bicyclic) bond motifs is 1. The van der Waals surface area contributed by atoms with Gasteiger partial charge in [0.1, 0.15) is 5.82 Å². The van der Waals surface area contributed by atoms with Crippen LogP contribution in [0.3, 0.4) is 0 Å². The highest BCUT2D eigenvalue weighted by Crippen LogP contribution is 2.28. The van der Waals surface area contributed by atoms with E-state index < -0.39 is 0 Å². The number of amides is 1. The summed E-state index contributed by atoms with van der Waals surface area (Å²) in [5.41, 5.74) is 3.51. The van der Waals surface area contributed by atoms with Crippen molar-refractivity contribution >= 4 is 32.7 Å². The van der Waals surface area contributed by atoms with E-state index in [2.05, 4.69) is 47.1 Å². The third-order valence-corrected chi connectivity index (χ3v) is 7.75. The first kappa shape index (κ1) is 27.5. The minimum atomic E-state index is -0.382. The highest BCUT2D eigenvalue weighted by atomic mass is 79.9. The third-order valence-electron chi connectivity index (χ3n) is 7.22. The van der Waals surface area contributed by atoms with Gasteiger partial charge in [-0.15, -0.1) is 0 Å². The number of carbonyl (C=O) groups is 1. The molecule has 5 rings (SSSR count). The van der Waals surface area contributed by atoms with Crippen molar-refractivity contribution in [1.82, 2.24) is 14.5 Å². The molecule has 0 fully saturated rings. The number of rotatable bonds is 10. The number of nitrogens with zero attached hydrogens (tertiary/aromatic N) is 3. The van der Waals surface area contributed by atoms with Crippen molar-refractivity contribution in [2.24, 2.45) is 0 Å². The Balaban J connectivity index is 1.59. The lowest BCUT2D eigenvalue weighted by Crippen LogP contribution is -2.39. The molecular weight excluding hydrogens is 562 g/mol.